The third kappa shape index (κ3) is 1.97. The van der Waals surface area contributed by atoms with Crippen LogP contribution >= 0.6 is 0 Å². The largest absolute Gasteiger partial charge is 0.394 e. The summed E-state index contributed by atoms with van der Waals surface area (Å²) in [6.45, 7) is 0.531. The molecule has 4 N–H and O–H groups in total. The first-order valence-electron chi connectivity index (χ1n) is 5.46. The Morgan fingerprint density at radius 1 is 1.61 bits per heavy atom. The molecule has 1 fully saturated rings. The van der Waals surface area contributed by atoms with Crippen molar-refractivity contribution in [3.63, 3.8) is 0 Å². The molecule has 0 aromatic rings. The van der Waals surface area contributed by atoms with Gasteiger partial charge in [-0.15, -0.1) is 0 Å². The minimum absolute atomic E-state index is 0.557. The van der Waals surface area contributed by atoms with Gasteiger partial charge in [0.2, 0.25) is 0 Å². The summed E-state index contributed by atoms with van der Waals surface area (Å²) in [5.74, 6) is 0. The highest BCUT2D eigenvalue weighted by Crippen LogP contribution is 2.36. The first kappa shape index (κ1) is 13.2. The van der Waals surface area contributed by atoms with Crippen LogP contribution in [0.3, 0.4) is 0 Å². The zero-order chi connectivity index (χ0) is 13.5. The fourth-order valence-corrected chi connectivity index (χ4v) is 2.04. The number of rotatable bonds is 2. The van der Waals surface area contributed by atoms with E-state index in [0.29, 0.717) is 0 Å². The normalized spacial score (nSPS) is 44.3. The van der Waals surface area contributed by atoms with Gasteiger partial charge in [-0.1, -0.05) is 0 Å². The van der Waals surface area contributed by atoms with E-state index < -0.39 is 43.0 Å². The van der Waals surface area contributed by atoms with Crippen molar-refractivity contribution in [2.75, 3.05) is 6.61 Å². The van der Waals surface area contributed by atoms with Gasteiger partial charge in [-0.05, 0) is 13.0 Å². The van der Waals surface area contributed by atoms with Gasteiger partial charge >= 0.3 is 6.03 Å². The smallest absolute Gasteiger partial charge is 0.325 e. The zero-order valence-electron chi connectivity index (χ0n) is 9.65. The van der Waals surface area contributed by atoms with Crippen molar-refractivity contribution in [1.82, 2.24) is 10.2 Å². The molecular formula is C10H15FN2O5. The Morgan fingerprint density at radius 3 is 2.78 bits per heavy atom. The number of nitrogens with zero attached hydrogens (tertiary/aromatic N) is 1. The highest BCUT2D eigenvalue weighted by molar-refractivity contribution is 5.77. The average molecular weight is 262 g/mol. The van der Waals surface area contributed by atoms with E-state index in [2.05, 4.69) is 5.32 Å². The Balaban J connectivity index is 2.23. The number of alkyl halides is 1. The molecule has 0 aromatic carbocycles. The van der Waals surface area contributed by atoms with Crippen molar-refractivity contribution in [2.45, 2.75) is 37.3 Å². The maximum Gasteiger partial charge on any atom is 0.325 e. The topological polar surface area (TPSA) is 102 Å². The Morgan fingerprint density at radius 2 is 2.28 bits per heavy atom. The molecule has 2 amide bonds. The maximum absolute atomic E-state index is 14.4. The second-order valence-corrected chi connectivity index (χ2v) is 4.45. The van der Waals surface area contributed by atoms with Crippen LogP contribution in [0.15, 0.2) is 12.3 Å². The Kier molecular flexibility index (Phi) is 3.28. The van der Waals surface area contributed by atoms with Gasteiger partial charge in [0.25, 0.3) is 0 Å². The van der Waals surface area contributed by atoms with Gasteiger partial charge in [-0.2, -0.15) is 0 Å². The van der Waals surface area contributed by atoms with Crippen LogP contribution in [0, 0.1) is 0 Å². The zero-order valence-corrected chi connectivity index (χ0v) is 9.65. The lowest BCUT2D eigenvalue weighted by molar-refractivity contribution is -0.0747. The van der Waals surface area contributed by atoms with Gasteiger partial charge in [0.15, 0.2) is 11.9 Å². The molecule has 0 radical (unpaired) electrons. The fourth-order valence-electron chi connectivity index (χ4n) is 2.04. The van der Waals surface area contributed by atoms with Crippen LogP contribution in [0.1, 0.15) is 6.92 Å². The van der Waals surface area contributed by atoms with Crippen LogP contribution < -0.4 is 5.32 Å². The van der Waals surface area contributed by atoms with E-state index >= 15 is 0 Å². The molecule has 0 aliphatic carbocycles. The van der Waals surface area contributed by atoms with E-state index in [1.54, 1.807) is 0 Å². The molecule has 1 saturated heterocycles. The minimum atomic E-state index is -2.22. The van der Waals surface area contributed by atoms with Crippen LogP contribution in [0.5, 0.6) is 0 Å². The summed E-state index contributed by atoms with van der Waals surface area (Å²) in [5, 5.41) is 29.9. The van der Waals surface area contributed by atoms with Crippen LogP contribution in [-0.2, 0) is 4.74 Å². The van der Waals surface area contributed by atoms with Gasteiger partial charge in [0, 0.05) is 6.20 Å². The van der Waals surface area contributed by atoms with Gasteiger partial charge in [0.1, 0.15) is 18.4 Å². The molecule has 1 unspecified atom stereocenters. The van der Waals surface area contributed by atoms with E-state index in [9.17, 15) is 14.3 Å². The molecule has 2 aliphatic heterocycles. The molecule has 0 aromatic heterocycles. The minimum Gasteiger partial charge on any atom is -0.394 e. The fraction of sp³-hybridized carbons (Fsp3) is 0.700. The Labute approximate surface area is 102 Å². The third-order valence-corrected chi connectivity index (χ3v) is 3.08. The van der Waals surface area contributed by atoms with Crippen LogP contribution in [0.2, 0.25) is 0 Å². The highest BCUT2D eigenvalue weighted by atomic mass is 19.1. The predicted octanol–water partition coefficient (Wildman–Crippen LogP) is -1.35. The second kappa shape index (κ2) is 4.47. The number of hydrogen-bond acceptors (Lipinski definition) is 5. The van der Waals surface area contributed by atoms with Crippen LogP contribution in [-0.4, -0.2) is 63.2 Å². The van der Waals surface area contributed by atoms with Crippen LogP contribution in [0.25, 0.3) is 0 Å². The standard InChI is InChI=1S/C10H15FN2O5/c1-10(11)7(16)5(4-14)18-8(10)13-3-2-6(15)12-9(13)17/h2-3,5-8,14-16H,4H2,1H3,(H,12,17)/t5-,6?,7-,8-,10-/m1/s1. The molecule has 2 rings (SSSR count). The Hall–Kier alpha value is -1.22. The summed E-state index contributed by atoms with van der Waals surface area (Å²) in [5.41, 5.74) is -2.22. The Bertz CT molecular complexity index is 375. The highest BCUT2D eigenvalue weighted by Gasteiger charge is 2.57. The number of ether oxygens (including phenoxy) is 1. The van der Waals surface area contributed by atoms with Gasteiger partial charge < -0.3 is 25.4 Å². The SMILES string of the molecule is C[C@@]1(F)[C@H](O)[C@@H](CO)O[C@H]1N1C=CC(O)NC1=O. The van der Waals surface area contributed by atoms with E-state index in [1.165, 1.54) is 12.3 Å². The van der Waals surface area contributed by atoms with E-state index in [0.717, 1.165) is 11.8 Å². The van der Waals surface area contributed by atoms with Crippen molar-refractivity contribution in [2.24, 2.45) is 0 Å². The maximum atomic E-state index is 14.4. The van der Waals surface area contributed by atoms with Crippen molar-refractivity contribution in [3.05, 3.63) is 12.3 Å². The van der Waals surface area contributed by atoms with Crippen molar-refractivity contribution >= 4 is 6.03 Å². The molecule has 18 heavy (non-hydrogen) atoms. The molecular weight excluding hydrogens is 247 g/mol. The number of nitrogens with one attached hydrogen (secondary N) is 1. The van der Waals surface area contributed by atoms with Gasteiger partial charge in [0.05, 0.1) is 6.61 Å². The second-order valence-electron chi connectivity index (χ2n) is 4.45. The molecule has 0 spiro atoms. The average Bonchev–Trinajstić information content (AvgIpc) is 2.52. The summed E-state index contributed by atoms with van der Waals surface area (Å²) >= 11 is 0. The monoisotopic (exact) mass is 262 g/mol. The quantitative estimate of drug-likeness (QED) is 0.493. The molecule has 2 heterocycles. The van der Waals surface area contributed by atoms with E-state index in [4.69, 9.17) is 14.9 Å². The molecule has 5 atom stereocenters. The molecule has 2 aliphatic rings. The number of amides is 2. The van der Waals surface area contributed by atoms with Crippen molar-refractivity contribution in [3.8, 4) is 0 Å². The number of carbonyl (C=O) groups is 1. The molecule has 102 valence electrons. The summed E-state index contributed by atoms with van der Waals surface area (Å²) in [6.07, 6.45) is -2.73. The number of carbonyl (C=O) groups excluding carboxylic acids is 1. The molecule has 0 saturated carbocycles. The number of hydrogen-bond donors (Lipinski definition) is 4. The van der Waals surface area contributed by atoms with E-state index in [-0.39, 0.29) is 0 Å². The number of halogens is 1. The van der Waals surface area contributed by atoms with Crippen LogP contribution in [0.4, 0.5) is 9.18 Å². The third-order valence-electron chi connectivity index (χ3n) is 3.08. The summed E-state index contributed by atoms with van der Waals surface area (Å²) < 4.78 is 19.5. The van der Waals surface area contributed by atoms with Crippen molar-refractivity contribution in [1.29, 1.82) is 0 Å². The number of aliphatic hydroxyl groups is 3. The first-order chi connectivity index (χ1) is 8.37. The first-order valence-corrected chi connectivity index (χ1v) is 5.46. The van der Waals surface area contributed by atoms with Crippen molar-refractivity contribution < 1.29 is 29.2 Å². The summed E-state index contributed by atoms with van der Waals surface area (Å²) in [4.78, 5) is 12.5. The molecule has 8 heteroatoms. The predicted molar refractivity (Wildman–Crippen MR) is 56.8 cm³/mol. The number of aliphatic hydroxyl groups excluding tert-OH is 3. The number of urea groups is 1. The molecule has 0 bridgehead atoms. The molecule has 7 nitrogen and oxygen atoms in total. The van der Waals surface area contributed by atoms with Gasteiger partial charge in [-0.25, -0.2) is 9.18 Å². The lowest BCUT2D eigenvalue weighted by atomic mass is 9.98. The lowest BCUT2D eigenvalue weighted by Crippen LogP contribution is -2.56. The summed E-state index contributed by atoms with van der Waals surface area (Å²) in [6, 6.07) is -0.746. The van der Waals surface area contributed by atoms with Gasteiger partial charge in [-0.3, -0.25) is 4.90 Å². The lowest BCUT2D eigenvalue weighted by Gasteiger charge is -2.34. The summed E-state index contributed by atoms with van der Waals surface area (Å²) in [7, 11) is 0. The van der Waals surface area contributed by atoms with E-state index in [1.807, 2.05) is 0 Å².